The first kappa shape index (κ1) is 8.78. The van der Waals surface area contributed by atoms with E-state index in [0.717, 1.165) is 0 Å². The third-order valence-corrected chi connectivity index (χ3v) is 2.55. The Morgan fingerprint density at radius 1 is 1.62 bits per heavy atom. The summed E-state index contributed by atoms with van der Waals surface area (Å²) in [4.78, 5) is -4.21. The quantitative estimate of drug-likeness (QED) is 0.744. The molecule has 0 aromatic heterocycles. The Balaban J connectivity index is 3.62. The zero-order chi connectivity index (χ0) is 6.78. The van der Waals surface area contributed by atoms with Crippen LogP contribution in [0.1, 0.15) is 0 Å². The molecule has 0 radical (unpaired) electrons. The first-order valence-electron chi connectivity index (χ1n) is 1.80. The van der Waals surface area contributed by atoms with Gasteiger partial charge in [-0.15, -0.1) is 0 Å². The first-order chi connectivity index (χ1) is 3.48. The zero-order valence-electron chi connectivity index (χ0n) is 3.74. The molecule has 1 atom stereocenters. The molecule has 0 saturated carbocycles. The normalized spacial score (nSPS) is 16.1. The Morgan fingerprint density at radius 2 is 2.00 bits per heavy atom. The molecule has 0 aliphatic carbocycles. The Hall–Kier alpha value is 0.780. The lowest BCUT2D eigenvalue weighted by Crippen LogP contribution is -2.24. The van der Waals surface area contributed by atoms with E-state index in [4.69, 9.17) is 5.11 Å². The highest BCUT2D eigenvalue weighted by atomic mass is 79.9. The molecule has 1 N–H and O–H groups in total. The van der Waals surface area contributed by atoms with Gasteiger partial charge in [-0.3, -0.25) is 0 Å². The van der Waals surface area contributed by atoms with Gasteiger partial charge >= 0.3 is 4.83 Å². The van der Waals surface area contributed by atoms with Crippen molar-refractivity contribution in [3.8, 4) is 0 Å². The van der Waals surface area contributed by atoms with E-state index in [-0.39, 0.29) is 0 Å². The van der Waals surface area contributed by atoms with Crippen molar-refractivity contribution >= 4 is 31.9 Å². The van der Waals surface area contributed by atoms with Crippen LogP contribution < -0.4 is 0 Å². The SMILES string of the molecule is OCC(Br)C(F)(F)Br. The summed E-state index contributed by atoms with van der Waals surface area (Å²) in [6, 6.07) is 0. The topological polar surface area (TPSA) is 20.2 Å². The largest absolute Gasteiger partial charge is 0.395 e. The van der Waals surface area contributed by atoms with E-state index in [1.54, 1.807) is 0 Å². The van der Waals surface area contributed by atoms with Crippen molar-refractivity contribution in [2.45, 2.75) is 9.66 Å². The van der Waals surface area contributed by atoms with Crippen LogP contribution in [0.2, 0.25) is 0 Å². The average Bonchev–Trinajstić information content (AvgIpc) is 1.62. The standard InChI is InChI=1S/C3H4Br2F2O/c4-2(1-8)3(5,6)7/h2,8H,1H2. The molecule has 0 heterocycles. The summed E-state index contributed by atoms with van der Waals surface area (Å²) in [6.07, 6.45) is 0. The second kappa shape index (κ2) is 3.08. The van der Waals surface area contributed by atoms with Crippen LogP contribution in [0.4, 0.5) is 8.78 Å². The number of aliphatic hydroxyl groups excluding tert-OH is 1. The number of halogens is 4. The van der Waals surface area contributed by atoms with E-state index in [1.165, 1.54) is 0 Å². The van der Waals surface area contributed by atoms with Gasteiger partial charge in [0.2, 0.25) is 0 Å². The Morgan fingerprint density at radius 3 is 2.00 bits per heavy atom. The number of hydrogen-bond donors (Lipinski definition) is 1. The first-order valence-corrected chi connectivity index (χ1v) is 3.51. The van der Waals surface area contributed by atoms with Gasteiger partial charge in [0.1, 0.15) is 4.83 Å². The Bertz CT molecular complexity index is 72.2. The number of rotatable bonds is 2. The van der Waals surface area contributed by atoms with Crippen molar-refractivity contribution in [1.82, 2.24) is 0 Å². The van der Waals surface area contributed by atoms with Crippen molar-refractivity contribution in [1.29, 1.82) is 0 Å². The maximum absolute atomic E-state index is 11.8. The summed E-state index contributed by atoms with van der Waals surface area (Å²) in [6.45, 7) is -0.585. The third kappa shape index (κ3) is 2.94. The molecule has 1 nitrogen and oxygen atoms in total. The fourth-order valence-electron chi connectivity index (χ4n) is 0.104. The molecule has 0 bridgehead atoms. The van der Waals surface area contributed by atoms with E-state index >= 15 is 0 Å². The molecule has 0 aromatic rings. The fraction of sp³-hybridized carbons (Fsp3) is 1.00. The summed E-state index contributed by atoms with van der Waals surface area (Å²) >= 11 is 4.61. The van der Waals surface area contributed by atoms with Crippen LogP contribution in [-0.2, 0) is 0 Å². The van der Waals surface area contributed by atoms with Gasteiger partial charge in [0.25, 0.3) is 0 Å². The summed E-state index contributed by atoms with van der Waals surface area (Å²) in [7, 11) is 0. The minimum absolute atomic E-state index is 0.585. The van der Waals surface area contributed by atoms with E-state index in [2.05, 4.69) is 31.9 Å². The van der Waals surface area contributed by atoms with Crippen molar-refractivity contribution in [2.75, 3.05) is 6.61 Å². The lowest BCUT2D eigenvalue weighted by atomic mass is 10.5. The molecule has 0 spiro atoms. The molecule has 5 heteroatoms. The summed E-state index contributed by atoms with van der Waals surface area (Å²) in [5.74, 6) is 0. The van der Waals surface area contributed by atoms with Crippen molar-refractivity contribution in [3.63, 3.8) is 0 Å². The van der Waals surface area contributed by atoms with Crippen LogP contribution >= 0.6 is 31.9 Å². The predicted octanol–water partition coefficient (Wildman–Crippen LogP) is 1.73. The predicted molar refractivity (Wildman–Crippen MR) is 33.7 cm³/mol. The average molecular weight is 254 g/mol. The second-order valence-electron chi connectivity index (χ2n) is 1.19. The maximum atomic E-state index is 11.8. The molecule has 1 unspecified atom stereocenters. The van der Waals surface area contributed by atoms with Gasteiger partial charge < -0.3 is 5.11 Å². The molecule has 0 aliphatic rings. The molecular weight excluding hydrogens is 250 g/mol. The number of hydrogen-bond acceptors (Lipinski definition) is 1. The molecular formula is C3H4Br2F2O. The number of aliphatic hydroxyl groups is 1. The molecule has 0 aromatic carbocycles. The van der Waals surface area contributed by atoms with Crippen LogP contribution in [0.25, 0.3) is 0 Å². The Labute approximate surface area is 62.3 Å². The van der Waals surface area contributed by atoms with Crippen LogP contribution in [0.3, 0.4) is 0 Å². The van der Waals surface area contributed by atoms with Gasteiger partial charge in [-0.1, -0.05) is 15.9 Å². The Kier molecular flexibility index (Phi) is 3.38. The summed E-state index contributed by atoms with van der Waals surface area (Å²) in [5, 5.41) is 8.11. The molecule has 0 fully saturated rings. The van der Waals surface area contributed by atoms with Crippen molar-refractivity contribution < 1.29 is 13.9 Å². The third-order valence-electron chi connectivity index (χ3n) is 0.515. The number of alkyl halides is 4. The van der Waals surface area contributed by atoms with Gasteiger partial charge in [0.05, 0.1) is 6.61 Å². The zero-order valence-corrected chi connectivity index (χ0v) is 6.92. The lowest BCUT2D eigenvalue weighted by molar-refractivity contribution is 0.0901. The maximum Gasteiger partial charge on any atom is 0.315 e. The highest BCUT2D eigenvalue weighted by Gasteiger charge is 2.33. The molecule has 0 rings (SSSR count). The minimum Gasteiger partial charge on any atom is -0.395 e. The second-order valence-corrected chi connectivity index (χ2v) is 3.35. The van der Waals surface area contributed by atoms with Gasteiger partial charge in [-0.25, -0.2) is 0 Å². The smallest absolute Gasteiger partial charge is 0.315 e. The van der Waals surface area contributed by atoms with Gasteiger partial charge in [0, 0.05) is 0 Å². The van der Waals surface area contributed by atoms with Gasteiger partial charge in [-0.05, 0) is 15.9 Å². The summed E-state index contributed by atoms with van der Waals surface area (Å²) < 4.78 is 23.7. The fourth-order valence-corrected chi connectivity index (χ4v) is 0.248. The molecule has 50 valence electrons. The van der Waals surface area contributed by atoms with Crippen LogP contribution in [0, 0.1) is 0 Å². The minimum atomic E-state index is -3.01. The lowest BCUT2D eigenvalue weighted by Gasteiger charge is -2.11. The molecule has 0 amide bonds. The molecule has 8 heavy (non-hydrogen) atoms. The van der Waals surface area contributed by atoms with Crippen LogP contribution in [0.5, 0.6) is 0 Å². The van der Waals surface area contributed by atoms with Gasteiger partial charge in [-0.2, -0.15) is 8.78 Å². The van der Waals surface area contributed by atoms with Crippen molar-refractivity contribution in [3.05, 3.63) is 0 Å². The van der Waals surface area contributed by atoms with Crippen LogP contribution in [0.15, 0.2) is 0 Å². The van der Waals surface area contributed by atoms with Crippen molar-refractivity contribution in [2.24, 2.45) is 0 Å². The highest BCUT2D eigenvalue weighted by Crippen LogP contribution is 2.30. The van der Waals surface area contributed by atoms with E-state index in [9.17, 15) is 8.78 Å². The highest BCUT2D eigenvalue weighted by molar-refractivity contribution is 9.12. The van der Waals surface area contributed by atoms with E-state index < -0.39 is 16.3 Å². The molecule has 0 saturated heterocycles. The van der Waals surface area contributed by atoms with Gasteiger partial charge in [0.15, 0.2) is 0 Å². The van der Waals surface area contributed by atoms with E-state index in [1.807, 2.05) is 0 Å². The van der Waals surface area contributed by atoms with E-state index in [0.29, 0.717) is 0 Å². The summed E-state index contributed by atoms with van der Waals surface area (Å²) in [5.41, 5.74) is 0. The monoisotopic (exact) mass is 252 g/mol. The molecule has 0 aliphatic heterocycles. The van der Waals surface area contributed by atoms with Crippen LogP contribution in [-0.4, -0.2) is 21.4 Å².